The number of carbonyl (C=O) groups is 2. The van der Waals surface area contributed by atoms with E-state index in [-0.39, 0.29) is 31.6 Å². The fraction of sp³-hybridized carbons (Fsp3) is 0.455. The van der Waals surface area contributed by atoms with E-state index in [1.807, 2.05) is 0 Å². The highest BCUT2D eigenvalue weighted by Gasteiger charge is 2.01. The first-order valence-corrected chi connectivity index (χ1v) is 4.94. The summed E-state index contributed by atoms with van der Waals surface area (Å²) < 4.78 is 8.90. The van der Waals surface area contributed by atoms with Crippen molar-refractivity contribution in [1.29, 1.82) is 0 Å². The van der Waals surface area contributed by atoms with Crippen LogP contribution in [0.15, 0.2) is 24.5 Å². The van der Waals surface area contributed by atoms with Crippen molar-refractivity contribution in [1.82, 2.24) is 0 Å². The second kappa shape index (κ2) is 13.5. The van der Waals surface area contributed by atoms with E-state index in [1.165, 1.54) is 0 Å². The molecule has 0 aromatic heterocycles. The predicted molar refractivity (Wildman–Crippen MR) is 70.5 cm³/mol. The molecule has 0 heterocycles. The molecule has 0 aliphatic heterocycles. The van der Waals surface area contributed by atoms with Crippen LogP contribution in [0.4, 0.5) is 0 Å². The van der Waals surface area contributed by atoms with Gasteiger partial charge in [-0.1, -0.05) is 6.58 Å². The van der Waals surface area contributed by atoms with Crippen LogP contribution in [0.25, 0.3) is 0 Å². The number of aliphatic hydroxyl groups is 1. The number of halogens is 1. The van der Waals surface area contributed by atoms with Crippen LogP contribution in [0.3, 0.4) is 0 Å². The Balaban J connectivity index is -0.000000238. The minimum atomic E-state index is -0.757. The van der Waals surface area contributed by atoms with Crippen LogP contribution in [-0.4, -0.2) is 36.8 Å². The summed E-state index contributed by atoms with van der Waals surface area (Å²) >= 11 is 0. The molecule has 0 rings (SSSR count). The zero-order chi connectivity index (χ0) is 13.8. The van der Waals surface area contributed by atoms with Crippen molar-refractivity contribution < 1.29 is 24.2 Å². The van der Waals surface area contributed by atoms with Gasteiger partial charge in [0, 0.05) is 12.1 Å². The summed E-state index contributed by atoms with van der Waals surface area (Å²) in [7, 11) is 0. The highest BCUT2D eigenvalue weighted by Crippen LogP contribution is 1.89. The van der Waals surface area contributed by atoms with Gasteiger partial charge in [0.1, 0.15) is 6.61 Å². The van der Waals surface area contributed by atoms with E-state index in [0.29, 0.717) is 12.1 Å². The van der Waals surface area contributed by atoms with Gasteiger partial charge < -0.3 is 20.3 Å². The van der Waals surface area contributed by atoms with Crippen LogP contribution in [-0.2, 0) is 19.1 Å². The molecule has 0 saturated heterocycles. The molecule has 106 valence electrons. The number of hydrogen-bond donors (Lipinski definition) is 2. The van der Waals surface area contributed by atoms with Gasteiger partial charge in [0.05, 0.1) is 6.61 Å². The van der Waals surface area contributed by atoms with E-state index in [2.05, 4.69) is 22.6 Å². The summed E-state index contributed by atoms with van der Waals surface area (Å²) in [6.07, 6.45) is 0. The molecule has 7 heteroatoms. The lowest BCUT2D eigenvalue weighted by atomic mass is 10.4. The lowest BCUT2D eigenvalue weighted by molar-refractivity contribution is -0.141. The Hall–Kier alpha value is -1.53. The third-order valence-electron chi connectivity index (χ3n) is 1.21. The molecule has 6 nitrogen and oxygen atoms in total. The Kier molecular flexibility index (Phi) is 16.3. The smallest absolute Gasteiger partial charge is 0.372 e. The number of esters is 2. The zero-order valence-electron chi connectivity index (χ0n) is 10.6. The molecule has 0 aliphatic rings. The Morgan fingerprint density at radius 2 is 1.72 bits per heavy atom. The van der Waals surface area contributed by atoms with Gasteiger partial charge in [0.2, 0.25) is 0 Å². The summed E-state index contributed by atoms with van der Waals surface area (Å²) in [6, 6.07) is 0. The fourth-order valence-corrected chi connectivity index (χ4v) is 0.489. The van der Waals surface area contributed by atoms with Gasteiger partial charge in [-0.05, 0) is 20.4 Å². The monoisotopic (exact) mass is 281 g/mol. The molecule has 0 spiro atoms. The average molecular weight is 282 g/mol. The maximum atomic E-state index is 10.5. The largest absolute Gasteiger partial charge is 0.502 e. The van der Waals surface area contributed by atoms with Crippen molar-refractivity contribution in [3.05, 3.63) is 24.5 Å². The Labute approximate surface area is 113 Å². The van der Waals surface area contributed by atoms with Crippen molar-refractivity contribution in [2.24, 2.45) is 5.73 Å². The van der Waals surface area contributed by atoms with Gasteiger partial charge in [0.25, 0.3) is 0 Å². The van der Waals surface area contributed by atoms with Crippen LogP contribution in [0.1, 0.15) is 13.8 Å². The lowest BCUT2D eigenvalue weighted by Gasteiger charge is -1.99. The predicted octanol–water partition coefficient (Wildman–Crippen LogP) is 1.11. The minimum Gasteiger partial charge on any atom is -0.502 e. The number of nitrogens with two attached hydrogens (primary N) is 1. The number of hydrogen-bond acceptors (Lipinski definition) is 6. The maximum absolute atomic E-state index is 10.5. The number of carbonyl (C=O) groups excluding carboxylic acids is 2. The fourth-order valence-electron chi connectivity index (χ4n) is 0.489. The molecule has 0 radical (unpaired) electrons. The van der Waals surface area contributed by atoms with Crippen molar-refractivity contribution in [2.45, 2.75) is 13.8 Å². The molecule has 0 unspecified atom stereocenters. The molecule has 3 N–H and O–H groups in total. The zero-order valence-corrected chi connectivity index (χ0v) is 11.4. The normalized spacial score (nSPS) is 7.94. The van der Waals surface area contributed by atoms with Gasteiger partial charge in [0.15, 0.2) is 5.76 Å². The third-order valence-corrected chi connectivity index (χ3v) is 1.21. The Morgan fingerprint density at radius 1 is 1.22 bits per heavy atom. The molecule has 0 aromatic carbocycles. The summed E-state index contributed by atoms with van der Waals surface area (Å²) in [5, 5.41) is 8.28. The van der Waals surface area contributed by atoms with Crippen molar-refractivity contribution >= 4 is 24.3 Å². The first-order valence-electron chi connectivity index (χ1n) is 4.94. The highest BCUT2D eigenvalue weighted by atomic mass is 35.5. The maximum Gasteiger partial charge on any atom is 0.372 e. The van der Waals surface area contributed by atoms with E-state index in [1.54, 1.807) is 13.8 Å². The van der Waals surface area contributed by atoms with Crippen LogP contribution in [0.2, 0.25) is 0 Å². The molecule has 18 heavy (non-hydrogen) atoms. The van der Waals surface area contributed by atoms with Crippen LogP contribution in [0, 0.1) is 0 Å². The Bertz CT molecular complexity index is 291. The first kappa shape index (κ1) is 21.7. The molecule has 0 amide bonds. The second-order valence-corrected chi connectivity index (χ2v) is 2.87. The van der Waals surface area contributed by atoms with E-state index < -0.39 is 11.7 Å². The second-order valence-electron chi connectivity index (χ2n) is 2.87. The number of rotatable bonds is 5. The van der Waals surface area contributed by atoms with Gasteiger partial charge >= 0.3 is 11.9 Å². The van der Waals surface area contributed by atoms with Crippen molar-refractivity contribution in [3.63, 3.8) is 0 Å². The molecular formula is C11H20ClNO5. The SMILES string of the molecule is C=C(C)C(=O)OCCN.C=C(O)C(=O)OCC.Cl. The van der Waals surface area contributed by atoms with Crippen molar-refractivity contribution in [3.8, 4) is 0 Å². The van der Waals surface area contributed by atoms with Crippen molar-refractivity contribution in [2.75, 3.05) is 19.8 Å². The summed E-state index contributed by atoms with van der Waals surface area (Å²) in [6.45, 7) is 10.5. The van der Waals surface area contributed by atoms with Gasteiger partial charge in [-0.15, -0.1) is 12.4 Å². The standard InChI is InChI=1S/C6H11NO2.C5H8O3.ClH/c1-5(2)6(8)9-4-3-7;1-3-8-5(7)4(2)6;/h1,3-4,7H2,2H3;6H,2-3H2,1H3;1H. The molecular weight excluding hydrogens is 262 g/mol. The highest BCUT2D eigenvalue weighted by molar-refractivity contribution is 5.86. The minimum absolute atomic E-state index is 0. The van der Waals surface area contributed by atoms with E-state index in [4.69, 9.17) is 10.8 Å². The quantitative estimate of drug-likeness (QED) is 0.445. The van der Waals surface area contributed by atoms with Gasteiger partial charge in [-0.25, -0.2) is 9.59 Å². The first-order chi connectivity index (χ1) is 7.86. The lowest BCUT2D eigenvalue weighted by Crippen LogP contribution is -2.13. The molecule has 0 aliphatic carbocycles. The van der Waals surface area contributed by atoms with Gasteiger partial charge in [-0.2, -0.15) is 0 Å². The number of ether oxygens (including phenoxy) is 2. The topological polar surface area (TPSA) is 98.9 Å². The van der Waals surface area contributed by atoms with Crippen LogP contribution >= 0.6 is 12.4 Å². The molecule has 0 atom stereocenters. The summed E-state index contributed by atoms with van der Waals surface area (Å²) in [5.74, 6) is -1.68. The molecule has 0 saturated carbocycles. The Morgan fingerprint density at radius 3 is 1.94 bits per heavy atom. The van der Waals surface area contributed by atoms with Crippen LogP contribution < -0.4 is 5.73 Å². The van der Waals surface area contributed by atoms with E-state index >= 15 is 0 Å². The summed E-state index contributed by atoms with van der Waals surface area (Å²) in [5.41, 5.74) is 5.48. The van der Waals surface area contributed by atoms with Crippen LogP contribution in [0.5, 0.6) is 0 Å². The van der Waals surface area contributed by atoms with E-state index in [0.717, 1.165) is 0 Å². The van der Waals surface area contributed by atoms with Gasteiger partial charge in [-0.3, -0.25) is 0 Å². The molecule has 0 aromatic rings. The summed E-state index contributed by atoms with van der Waals surface area (Å²) in [4.78, 5) is 20.7. The molecule has 0 fully saturated rings. The number of aliphatic hydroxyl groups excluding tert-OH is 1. The molecule has 0 bridgehead atoms. The van der Waals surface area contributed by atoms with E-state index in [9.17, 15) is 9.59 Å². The average Bonchev–Trinajstić information content (AvgIpc) is 2.26. The third kappa shape index (κ3) is 14.5.